The fraction of sp³-hybridized carbons (Fsp3) is 0.562. The Kier molecular flexibility index (Phi) is 5.95. The highest BCUT2D eigenvalue weighted by Gasteiger charge is 2.21. The lowest BCUT2D eigenvalue weighted by atomic mass is 10.1. The van der Waals surface area contributed by atoms with Gasteiger partial charge in [-0.25, -0.2) is 0 Å². The monoisotopic (exact) mass is 349 g/mol. The van der Waals surface area contributed by atoms with E-state index in [1.54, 1.807) is 18.3 Å². The van der Waals surface area contributed by atoms with E-state index in [-0.39, 0.29) is 5.91 Å². The molecule has 0 spiro atoms. The van der Waals surface area contributed by atoms with Crippen molar-refractivity contribution in [3.05, 3.63) is 34.1 Å². The van der Waals surface area contributed by atoms with Crippen molar-refractivity contribution in [2.75, 3.05) is 19.6 Å². The molecular weight excluding hydrogens is 326 g/mol. The van der Waals surface area contributed by atoms with Crippen LogP contribution in [0.3, 0.4) is 0 Å². The van der Waals surface area contributed by atoms with Gasteiger partial charge in [0.2, 0.25) is 11.8 Å². The van der Waals surface area contributed by atoms with Gasteiger partial charge >= 0.3 is 0 Å². The number of aromatic nitrogens is 2. The summed E-state index contributed by atoms with van der Waals surface area (Å²) in [6.07, 6.45) is 2.19. The maximum absolute atomic E-state index is 11.9. The molecule has 0 unspecified atom stereocenters. The molecule has 7 nitrogen and oxygen atoms in total. The summed E-state index contributed by atoms with van der Waals surface area (Å²) >= 11 is 1.65. The minimum atomic E-state index is 0.0364. The van der Waals surface area contributed by atoms with E-state index in [0.29, 0.717) is 31.6 Å². The third-order valence-electron chi connectivity index (χ3n) is 4.03. The van der Waals surface area contributed by atoms with Crippen LogP contribution in [0, 0.1) is 6.92 Å². The van der Waals surface area contributed by atoms with Crippen molar-refractivity contribution >= 4 is 17.2 Å². The molecule has 2 aromatic rings. The highest BCUT2D eigenvalue weighted by molar-refractivity contribution is 7.09. The number of hydrogen-bond acceptors (Lipinski definition) is 7. The summed E-state index contributed by atoms with van der Waals surface area (Å²) in [6.45, 7) is 5.37. The lowest BCUT2D eigenvalue weighted by Gasteiger charge is -2.32. The van der Waals surface area contributed by atoms with Crippen LogP contribution in [-0.2, 0) is 17.9 Å². The predicted octanol–water partition coefficient (Wildman–Crippen LogP) is 1.31. The number of likely N-dealkylation sites (tertiary alicyclic amines) is 1. The van der Waals surface area contributed by atoms with Crippen LogP contribution in [-0.4, -0.2) is 46.6 Å². The molecule has 3 heterocycles. The Hall–Kier alpha value is -1.77. The Morgan fingerprint density at radius 1 is 1.54 bits per heavy atom. The zero-order valence-electron chi connectivity index (χ0n) is 13.8. The zero-order chi connectivity index (χ0) is 16.8. The number of piperidine rings is 1. The highest BCUT2D eigenvalue weighted by atomic mass is 32.1. The molecule has 2 aromatic heterocycles. The van der Waals surface area contributed by atoms with Crippen LogP contribution >= 0.6 is 11.3 Å². The molecule has 0 radical (unpaired) electrons. The van der Waals surface area contributed by atoms with Crippen LogP contribution in [0.4, 0.5) is 0 Å². The SMILES string of the molecule is Cc1nc(CN2CCC[C@@H](NCC(=O)NCc3cccs3)C2)no1. The number of hydrogen-bond donors (Lipinski definition) is 2. The number of carbonyl (C=O) groups is 1. The number of aryl methyl sites for hydroxylation is 1. The molecule has 1 amide bonds. The molecule has 0 saturated carbocycles. The lowest BCUT2D eigenvalue weighted by molar-refractivity contribution is -0.120. The van der Waals surface area contributed by atoms with Gasteiger partial charge in [0.15, 0.2) is 5.82 Å². The minimum absolute atomic E-state index is 0.0364. The van der Waals surface area contributed by atoms with Crippen LogP contribution in [0.25, 0.3) is 0 Å². The molecule has 1 aliphatic heterocycles. The van der Waals surface area contributed by atoms with Gasteiger partial charge in [-0.2, -0.15) is 4.98 Å². The topological polar surface area (TPSA) is 83.3 Å². The van der Waals surface area contributed by atoms with Gasteiger partial charge in [-0.1, -0.05) is 11.2 Å². The van der Waals surface area contributed by atoms with Gasteiger partial charge in [0.05, 0.1) is 19.6 Å². The maximum atomic E-state index is 11.9. The van der Waals surface area contributed by atoms with Crippen molar-refractivity contribution in [1.29, 1.82) is 0 Å². The van der Waals surface area contributed by atoms with Crippen molar-refractivity contribution in [2.24, 2.45) is 0 Å². The molecule has 1 atom stereocenters. The quantitative estimate of drug-likeness (QED) is 0.784. The van der Waals surface area contributed by atoms with Crippen molar-refractivity contribution in [1.82, 2.24) is 25.7 Å². The number of amides is 1. The normalized spacial score (nSPS) is 18.6. The van der Waals surface area contributed by atoms with Gasteiger partial charge < -0.3 is 15.2 Å². The fourth-order valence-electron chi connectivity index (χ4n) is 2.87. The van der Waals surface area contributed by atoms with Gasteiger partial charge in [-0.05, 0) is 30.8 Å². The van der Waals surface area contributed by atoms with Gasteiger partial charge in [0, 0.05) is 24.4 Å². The van der Waals surface area contributed by atoms with E-state index in [1.165, 1.54) is 4.88 Å². The van der Waals surface area contributed by atoms with E-state index in [4.69, 9.17) is 4.52 Å². The van der Waals surface area contributed by atoms with Gasteiger partial charge in [0.1, 0.15) is 0 Å². The average molecular weight is 349 g/mol. The number of rotatable bonds is 7. The second-order valence-electron chi connectivity index (χ2n) is 6.04. The Balaban J connectivity index is 1.37. The third-order valence-corrected chi connectivity index (χ3v) is 4.91. The van der Waals surface area contributed by atoms with Gasteiger partial charge in [0.25, 0.3) is 0 Å². The average Bonchev–Trinajstić information content (AvgIpc) is 3.23. The van der Waals surface area contributed by atoms with Crippen molar-refractivity contribution in [3.63, 3.8) is 0 Å². The zero-order valence-corrected chi connectivity index (χ0v) is 14.6. The van der Waals surface area contributed by atoms with Crippen molar-refractivity contribution in [3.8, 4) is 0 Å². The van der Waals surface area contributed by atoms with E-state index in [9.17, 15) is 4.79 Å². The molecule has 130 valence electrons. The molecule has 8 heteroatoms. The first-order valence-corrected chi connectivity index (χ1v) is 9.11. The smallest absolute Gasteiger partial charge is 0.234 e. The van der Waals surface area contributed by atoms with E-state index < -0.39 is 0 Å². The summed E-state index contributed by atoms with van der Waals surface area (Å²) in [4.78, 5) is 19.7. The van der Waals surface area contributed by atoms with Crippen LogP contribution in [0.1, 0.15) is 29.4 Å². The van der Waals surface area contributed by atoms with Crippen molar-refractivity contribution < 1.29 is 9.32 Å². The first-order valence-electron chi connectivity index (χ1n) is 8.23. The first kappa shape index (κ1) is 17.1. The summed E-state index contributed by atoms with van der Waals surface area (Å²) in [5, 5.41) is 12.3. The Bertz CT molecular complexity index is 643. The van der Waals surface area contributed by atoms with Crippen LogP contribution < -0.4 is 10.6 Å². The van der Waals surface area contributed by atoms with E-state index in [0.717, 1.165) is 31.8 Å². The maximum Gasteiger partial charge on any atom is 0.234 e. The van der Waals surface area contributed by atoms with E-state index in [2.05, 4.69) is 25.7 Å². The number of thiophene rings is 1. The summed E-state index contributed by atoms with van der Waals surface area (Å²) < 4.78 is 5.01. The van der Waals surface area contributed by atoms with Crippen molar-refractivity contribution in [2.45, 2.75) is 38.9 Å². The minimum Gasteiger partial charge on any atom is -0.350 e. The number of nitrogens with one attached hydrogen (secondary N) is 2. The molecule has 1 fully saturated rings. The summed E-state index contributed by atoms with van der Waals surface area (Å²) in [5.41, 5.74) is 0. The van der Waals surface area contributed by atoms with E-state index in [1.807, 2.05) is 17.5 Å². The Labute approximate surface area is 145 Å². The molecule has 0 aliphatic carbocycles. The molecule has 24 heavy (non-hydrogen) atoms. The van der Waals surface area contributed by atoms with Crippen LogP contribution in [0.5, 0.6) is 0 Å². The summed E-state index contributed by atoms with van der Waals surface area (Å²) in [5.74, 6) is 1.36. The predicted molar refractivity (Wildman–Crippen MR) is 91.5 cm³/mol. The molecule has 1 aliphatic rings. The van der Waals surface area contributed by atoms with Crippen LogP contribution in [0.2, 0.25) is 0 Å². The standard InChI is InChI=1S/C16H23N5O2S/c1-12-19-15(20-23-12)11-21-6-2-4-13(10-21)17-9-16(22)18-8-14-5-3-7-24-14/h3,5,7,13,17H,2,4,6,8-11H2,1H3,(H,18,22)/t13-/m1/s1. The second kappa shape index (κ2) is 8.36. The molecule has 0 aromatic carbocycles. The molecular formula is C16H23N5O2S. The second-order valence-corrected chi connectivity index (χ2v) is 7.07. The van der Waals surface area contributed by atoms with Gasteiger partial charge in [-0.3, -0.25) is 9.69 Å². The van der Waals surface area contributed by atoms with Gasteiger partial charge in [-0.15, -0.1) is 11.3 Å². The largest absolute Gasteiger partial charge is 0.350 e. The van der Waals surface area contributed by atoms with E-state index >= 15 is 0 Å². The summed E-state index contributed by atoms with van der Waals surface area (Å²) in [6, 6.07) is 4.34. The molecule has 1 saturated heterocycles. The summed E-state index contributed by atoms with van der Waals surface area (Å²) in [7, 11) is 0. The number of nitrogens with zero attached hydrogens (tertiary/aromatic N) is 3. The Morgan fingerprint density at radius 3 is 3.21 bits per heavy atom. The number of carbonyl (C=O) groups excluding carboxylic acids is 1. The third kappa shape index (κ3) is 5.12. The molecule has 2 N–H and O–H groups in total. The lowest BCUT2D eigenvalue weighted by Crippen LogP contribution is -2.48. The van der Waals surface area contributed by atoms with Crippen LogP contribution in [0.15, 0.2) is 22.0 Å². The highest BCUT2D eigenvalue weighted by Crippen LogP contribution is 2.12. The Morgan fingerprint density at radius 2 is 2.46 bits per heavy atom. The fourth-order valence-corrected chi connectivity index (χ4v) is 3.51. The first-order chi connectivity index (χ1) is 11.7. The molecule has 3 rings (SSSR count). The molecule has 0 bridgehead atoms.